The summed E-state index contributed by atoms with van der Waals surface area (Å²) in [6, 6.07) is 8.96. The highest BCUT2D eigenvalue weighted by molar-refractivity contribution is 5.91. The molecule has 0 spiro atoms. The number of aromatic nitrogens is 1. The van der Waals surface area contributed by atoms with Gasteiger partial charge in [0, 0.05) is 34.6 Å². The Balaban J connectivity index is 1.57. The molecule has 3 heteroatoms. The van der Waals surface area contributed by atoms with Crippen molar-refractivity contribution in [3.8, 4) is 0 Å². The van der Waals surface area contributed by atoms with Crippen molar-refractivity contribution < 1.29 is 0 Å². The highest BCUT2D eigenvalue weighted by Crippen LogP contribution is 2.42. The van der Waals surface area contributed by atoms with E-state index in [2.05, 4.69) is 71.7 Å². The Bertz CT molecular complexity index is 764. The second kappa shape index (κ2) is 5.89. The van der Waals surface area contributed by atoms with Gasteiger partial charge >= 0.3 is 0 Å². The van der Waals surface area contributed by atoms with Crippen LogP contribution >= 0.6 is 0 Å². The molecule has 0 fully saturated rings. The molecule has 3 nitrogen and oxygen atoms in total. The van der Waals surface area contributed by atoms with Gasteiger partial charge < -0.3 is 15.2 Å². The lowest BCUT2D eigenvalue weighted by Gasteiger charge is -2.25. The molecule has 0 radical (unpaired) electrons. The van der Waals surface area contributed by atoms with Crippen molar-refractivity contribution in [2.75, 3.05) is 19.6 Å². The lowest BCUT2D eigenvalue weighted by atomic mass is 9.85. The number of fused-ring (bicyclic) bond motifs is 5. The Hall–Kier alpha value is -2.00. The monoisotopic (exact) mass is 307 g/mol. The number of para-hydroxylation sites is 1. The van der Waals surface area contributed by atoms with Crippen molar-refractivity contribution in [1.82, 2.24) is 15.2 Å². The molecule has 0 bridgehead atoms. The maximum absolute atomic E-state index is 3.64. The van der Waals surface area contributed by atoms with Gasteiger partial charge in [0.2, 0.25) is 0 Å². The highest BCUT2D eigenvalue weighted by Gasteiger charge is 2.34. The molecule has 1 aliphatic heterocycles. The molecule has 1 aromatic heterocycles. The molecule has 2 N–H and O–H groups in total. The third kappa shape index (κ3) is 2.40. The first-order valence-corrected chi connectivity index (χ1v) is 8.78. The van der Waals surface area contributed by atoms with Crippen LogP contribution in [0.25, 0.3) is 17.0 Å². The SMILES string of the molecule is CCN(CC)CCC1=CNC2c3[nH]c4ccccc4c3C=CC12. The lowest BCUT2D eigenvalue weighted by molar-refractivity contribution is 0.305. The molecule has 2 heterocycles. The number of hydrogen-bond acceptors (Lipinski definition) is 2. The van der Waals surface area contributed by atoms with Gasteiger partial charge in [-0.2, -0.15) is 0 Å². The summed E-state index contributed by atoms with van der Waals surface area (Å²) >= 11 is 0. The Labute approximate surface area is 138 Å². The molecule has 0 saturated carbocycles. The minimum absolute atomic E-state index is 0.370. The third-order valence-corrected chi connectivity index (χ3v) is 5.40. The van der Waals surface area contributed by atoms with E-state index in [1.807, 2.05) is 0 Å². The summed E-state index contributed by atoms with van der Waals surface area (Å²) in [5, 5.41) is 4.95. The van der Waals surface area contributed by atoms with E-state index >= 15 is 0 Å². The van der Waals surface area contributed by atoms with Crippen LogP contribution in [0.15, 0.2) is 42.1 Å². The minimum atomic E-state index is 0.370. The molecule has 2 aromatic rings. The average Bonchev–Trinajstić information content (AvgIpc) is 3.16. The molecular weight excluding hydrogens is 282 g/mol. The summed E-state index contributed by atoms with van der Waals surface area (Å²) in [7, 11) is 0. The summed E-state index contributed by atoms with van der Waals surface area (Å²) < 4.78 is 0. The van der Waals surface area contributed by atoms with Crippen LogP contribution in [-0.4, -0.2) is 29.5 Å². The fraction of sp³-hybridized carbons (Fsp3) is 0.400. The van der Waals surface area contributed by atoms with Crippen LogP contribution in [0.2, 0.25) is 0 Å². The highest BCUT2D eigenvalue weighted by atomic mass is 15.1. The van der Waals surface area contributed by atoms with E-state index in [1.165, 1.54) is 27.7 Å². The van der Waals surface area contributed by atoms with E-state index in [1.54, 1.807) is 0 Å². The second-order valence-corrected chi connectivity index (χ2v) is 6.52. The van der Waals surface area contributed by atoms with Crippen LogP contribution in [0, 0.1) is 5.92 Å². The molecule has 4 rings (SSSR count). The maximum Gasteiger partial charge on any atom is 0.0764 e. The van der Waals surface area contributed by atoms with Gasteiger partial charge in [-0.3, -0.25) is 0 Å². The molecule has 23 heavy (non-hydrogen) atoms. The second-order valence-electron chi connectivity index (χ2n) is 6.52. The van der Waals surface area contributed by atoms with E-state index in [9.17, 15) is 0 Å². The number of nitrogens with one attached hydrogen (secondary N) is 2. The van der Waals surface area contributed by atoms with Crippen molar-refractivity contribution >= 4 is 17.0 Å². The first-order chi connectivity index (χ1) is 11.3. The van der Waals surface area contributed by atoms with Gasteiger partial charge in [-0.15, -0.1) is 0 Å². The quantitative estimate of drug-likeness (QED) is 0.872. The largest absolute Gasteiger partial charge is 0.382 e. The van der Waals surface area contributed by atoms with Gasteiger partial charge in [0.05, 0.1) is 6.04 Å². The number of H-pyrrole nitrogens is 1. The van der Waals surface area contributed by atoms with Gasteiger partial charge in [-0.1, -0.05) is 44.2 Å². The zero-order valence-corrected chi connectivity index (χ0v) is 14.0. The summed E-state index contributed by atoms with van der Waals surface area (Å²) in [5.41, 5.74) is 5.46. The molecule has 0 amide bonds. The maximum atomic E-state index is 3.64. The predicted molar refractivity (Wildman–Crippen MR) is 97.2 cm³/mol. The summed E-state index contributed by atoms with van der Waals surface area (Å²) in [5.74, 6) is 0.492. The van der Waals surface area contributed by atoms with Crippen LogP contribution in [0.4, 0.5) is 0 Å². The van der Waals surface area contributed by atoms with Crippen LogP contribution in [0.5, 0.6) is 0 Å². The Morgan fingerprint density at radius 3 is 2.78 bits per heavy atom. The molecule has 2 atom stereocenters. The van der Waals surface area contributed by atoms with Crippen molar-refractivity contribution in [3.05, 3.63) is 53.4 Å². The number of hydrogen-bond donors (Lipinski definition) is 2. The van der Waals surface area contributed by atoms with Crippen molar-refractivity contribution in [2.45, 2.75) is 26.3 Å². The van der Waals surface area contributed by atoms with Crippen LogP contribution in [-0.2, 0) is 0 Å². The van der Waals surface area contributed by atoms with Crippen molar-refractivity contribution in [3.63, 3.8) is 0 Å². The summed E-state index contributed by atoms with van der Waals surface area (Å²) in [4.78, 5) is 6.13. The van der Waals surface area contributed by atoms with E-state index in [-0.39, 0.29) is 0 Å². The van der Waals surface area contributed by atoms with Gasteiger partial charge in [0.15, 0.2) is 0 Å². The number of nitrogens with zero attached hydrogens (tertiary/aromatic N) is 1. The first kappa shape index (κ1) is 14.6. The molecule has 0 saturated heterocycles. The standard InChI is InChI=1S/C20H25N3/c1-3-23(4-2)12-11-14-13-21-19-15(14)9-10-17-16-7-5-6-8-18(16)22-20(17)19/h5-10,13,15,19,21-22H,3-4,11-12H2,1-2H3. The van der Waals surface area contributed by atoms with Crippen LogP contribution in [0.1, 0.15) is 37.6 Å². The topological polar surface area (TPSA) is 31.1 Å². The predicted octanol–water partition coefficient (Wildman–Crippen LogP) is 4.07. The van der Waals surface area contributed by atoms with E-state index in [0.29, 0.717) is 12.0 Å². The Kier molecular flexibility index (Phi) is 3.74. The number of rotatable bonds is 5. The zero-order chi connectivity index (χ0) is 15.8. The normalized spacial score (nSPS) is 22.1. The lowest BCUT2D eigenvalue weighted by Crippen LogP contribution is -2.25. The minimum Gasteiger partial charge on any atom is -0.382 e. The van der Waals surface area contributed by atoms with Crippen molar-refractivity contribution in [1.29, 1.82) is 0 Å². The van der Waals surface area contributed by atoms with E-state index < -0.39 is 0 Å². The Morgan fingerprint density at radius 2 is 1.96 bits per heavy atom. The summed E-state index contributed by atoms with van der Waals surface area (Å²) in [6.45, 7) is 7.90. The van der Waals surface area contributed by atoms with Crippen molar-refractivity contribution in [2.24, 2.45) is 5.92 Å². The molecule has 1 aromatic carbocycles. The molecule has 2 unspecified atom stereocenters. The molecular formula is C20H25N3. The number of benzene rings is 1. The van der Waals surface area contributed by atoms with Gasteiger partial charge in [-0.25, -0.2) is 0 Å². The van der Waals surface area contributed by atoms with Crippen LogP contribution in [0.3, 0.4) is 0 Å². The summed E-state index contributed by atoms with van der Waals surface area (Å²) in [6.07, 6.45) is 8.11. The number of aromatic amines is 1. The Morgan fingerprint density at radius 1 is 1.13 bits per heavy atom. The fourth-order valence-electron chi connectivity index (χ4n) is 3.98. The van der Waals surface area contributed by atoms with Gasteiger partial charge in [-0.05, 0) is 37.3 Å². The van der Waals surface area contributed by atoms with E-state index in [4.69, 9.17) is 0 Å². The smallest absolute Gasteiger partial charge is 0.0764 e. The first-order valence-electron chi connectivity index (χ1n) is 8.78. The van der Waals surface area contributed by atoms with E-state index in [0.717, 1.165) is 26.1 Å². The fourth-order valence-corrected chi connectivity index (χ4v) is 3.98. The third-order valence-electron chi connectivity index (χ3n) is 5.40. The molecule has 120 valence electrons. The van der Waals surface area contributed by atoms with Gasteiger partial charge in [0.25, 0.3) is 0 Å². The average molecular weight is 307 g/mol. The zero-order valence-electron chi connectivity index (χ0n) is 14.0. The molecule has 1 aliphatic carbocycles. The van der Waals surface area contributed by atoms with Crippen LogP contribution < -0.4 is 5.32 Å². The van der Waals surface area contributed by atoms with Gasteiger partial charge in [0.1, 0.15) is 0 Å². The molecule has 2 aliphatic rings.